The third kappa shape index (κ3) is 3.33. The molecule has 1 atom stereocenters. The molecule has 1 saturated heterocycles. The minimum atomic E-state index is -0.206. The van der Waals surface area contributed by atoms with Gasteiger partial charge in [-0.2, -0.15) is 0 Å². The summed E-state index contributed by atoms with van der Waals surface area (Å²) in [6, 6.07) is 7.71. The van der Waals surface area contributed by atoms with Crippen LogP contribution in [0.15, 0.2) is 24.3 Å². The van der Waals surface area contributed by atoms with Crippen LogP contribution in [0.2, 0.25) is 5.02 Å². The standard InChI is InChI=1S/C16H23ClN2O/c1-3-7-16(8-9-18-12-16)15(20)19(2)11-13-5-4-6-14(17)10-13/h4-6,10,18H,3,7-9,11-12H2,1-2H3. The number of nitrogens with one attached hydrogen (secondary N) is 1. The topological polar surface area (TPSA) is 32.3 Å². The second kappa shape index (κ2) is 6.59. The van der Waals surface area contributed by atoms with E-state index in [1.165, 1.54) is 0 Å². The number of carbonyl (C=O) groups excluding carboxylic acids is 1. The number of nitrogens with zero attached hydrogens (tertiary/aromatic N) is 1. The molecule has 20 heavy (non-hydrogen) atoms. The number of halogens is 1. The van der Waals surface area contributed by atoms with E-state index in [1.807, 2.05) is 36.2 Å². The van der Waals surface area contributed by atoms with E-state index in [4.69, 9.17) is 11.6 Å². The molecule has 0 radical (unpaired) electrons. The quantitative estimate of drug-likeness (QED) is 0.905. The first-order valence-corrected chi connectivity index (χ1v) is 7.66. The highest BCUT2D eigenvalue weighted by Gasteiger charge is 2.41. The molecule has 1 aromatic rings. The van der Waals surface area contributed by atoms with E-state index >= 15 is 0 Å². The van der Waals surface area contributed by atoms with Gasteiger partial charge in [0.2, 0.25) is 5.91 Å². The second-order valence-electron chi connectivity index (χ2n) is 5.75. The molecular formula is C16H23ClN2O. The predicted octanol–water partition coefficient (Wildman–Crippen LogP) is 3.08. The summed E-state index contributed by atoms with van der Waals surface area (Å²) >= 11 is 6.00. The van der Waals surface area contributed by atoms with Gasteiger partial charge in [-0.05, 0) is 37.1 Å². The first-order chi connectivity index (χ1) is 9.57. The maximum atomic E-state index is 12.8. The highest BCUT2D eigenvalue weighted by molar-refractivity contribution is 6.30. The highest BCUT2D eigenvalue weighted by atomic mass is 35.5. The van der Waals surface area contributed by atoms with Crippen molar-refractivity contribution in [3.05, 3.63) is 34.9 Å². The summed E-state index contributed by atoms with van der Waals surface area (Å²) in [4.78, 5) is 14.6. The molecule has 1 aliphatic rings. The highest BCUT2D eigenvalue weighted by Crippen LogP contribution is 2.33. The molecule has 1 fully saturated rings. The van der Waals surface area contributed by atoms with E-state index in [0.29, 0.717) is 11.6 Å². The molecule has 0 aliphatic carbocycles. The summed E-state index contributed by atoms with van der Waals surface area (Å²) in [5, 5.41) is 4.05. The summed E-state index contributed by atoms with van der Waals surface area (Å²) in [6.45, 7) is 4.51. The number of rotatable bonds is 5. The summed E-state index contributed by atoms with van der Waals surface area (Å²) in [6.07, 6.45) is 2.94. The average Bonchev–Trinajstić information content (AvgIpc) is 2.88. The summed E-state index contributed by atoms with van der Waals surface area (Å²) in [5.41, 5.74) is 0.869. The fraction of sp³-hybridized carbons (Fsp3) is 0.562. The molecule has 2 rings (SSSR count). The van der Waals surface area contributed by atoms with Crippen molar-refractivity contribution in [1.82, 2.24) is 10.2 Å². The van der Waals surface area contributed by atoms with Crippen molar-refractivity contribution in [1.29, 1.82) is 0 Å². The molecule has 1 unspecified atom stereocenters. The summed E-state index contributed by atoms with van der Waals surface area (Å²) in [7, 11) is 1.89. The van der Waals surface area contributed by atoms with Gasteiger partial charge in [0.15, 0.2) is 0 Å². The molecule has 0 spiro atoms. The number of benzene rings is 1. The molecule has 110 valence electrons. The Morgan fingerprint density at radius 1 is 1.50 bits per heavy atom. The van der Waals surface area contributed by atoms with Crippen molar-refractivity contribution in [3.8, 4) is 0 Å². The van der Waals surface area contributed by atoms with Gasteiger partial charge in [-0.1, -0.05) is 37.1 Å². The first-order valence-electron chi connectivity index (χ1n) is 7.28. The smallest absolute Gasteiger partial charge is 0.230 e. The van der Waals surface area contributed by atoms with Gasteiger partial charge in [0.25, 0.3) is 0 Å². The molecule has 0 bridgehead atoms. The van der Waals surface area contributed by atoms with Crippen molar-refractivity contribution < 1.29 is 4.79 Å². The fourth-order valence-electron chi connectivity index (χ4n) is 3.11. The molecule has 0 aromatic heterocycles. The number of carbonyl (C=O) groups is 1. The molecule has 0 saturated carbocycles. The molecule has 3 nitrogen and oxygen atoms in total. The lowest BCUT2D eigenvalue weighted by Crippen LogP contribution is -2.43. The van der Waals surface area contributed by atoms with Gasteiger partial charge in [0.1, 0.15) is 0 Å². The van der Waals surface area contributed by atoms with Crippen molar-refractivity contribution in [3.63, 3.8) is 0 Å². The van der Waals surface area contributed by atoms with Crippen molar-refractivity contribution in [2.45, 2.75) is 32.7 Å². The van der Waals surface area contributed by atoms with Crippen LogP contribution in [-0.4, -0.2) is 30.9 Å². The van der Waals surface area contributed by atoms with E-state index in [-0.39, 0.29) is 11.3 Å². The van der Waals surface area contributed by atoms with E-state index in [0.717, 1.165) is 37.9 Å². The van der Waals surface area contributed by atoms with Crippen LogP contribution in [0.3, 0.4) is 0 Å². The Balaban J connectivity index is 2.07. The van der Waals surface area contributed by atoms with E-state index in [2.05, 4.69) is 12.2 Å². The number of amides is 1. The van der Waals surface area contributed by atoms with Gasteiger partial charge in [-0.3, -0.25) is 4.79 Å². The van der Waals surface area contributed by atoms with Crippen LogP contribution in [0.5, 0.6) is 0 Å². The summed E-state index contributed by atoms with van der Waals surface area (Å²) in [5.74, 6) is 0.254. The van der Waals surface area contributed by atoms with Crippen molar-refractivity contribution in [2.75, 3.05) is 20.1 Å². The molecule has 1 heterocycles. The van der Waals surface area contributed by atoms with Gasteiger partial charge < -0.3 is 10.2 Å². The Bertz CT molecular complexity index is 469. The Morgan fingerprint density at radius 2 is 2.30 bits per heavy atom. The van der Waals surface area contributed by atoms with Crippen LogP contribution in [0.1, 0.15) is 31.7 Å². The number of hydrogen-bond donors (Lipinski definition) is 1. The van der Waals surface area contributed by atoms with Gasteiger partial charge in [-0.15, -0.1) is 0 Å². The lowest BCUT2D eigenvalue weighted by atomic mass is 9.81. The third-order valence-electron chi connectivity index (χ3n) is 4.08. The van der Waals surface area contributed by atoms with Crippen LogP contribution < -0.4 is 5.32 Å². The van der Waals surface area contributed by atoms with Crippen LogP contribution >= 0.6 is 11.6 Å². The lowest BCUT2D eigenvalue weighted by molar-refractivity contribution is -0.140. The van der Waals surface area contributed by atoms with Gasteiger partial charge in [-0.25, -0.2) is 0 Å². The Labute approximate surface area is 126 Å². The molecule has 4 heteroatoms. The minimum Gasteiger partial charge on any atom is -0.341 e. The first kappa shape index (κ1) is 15.3. The van der Waals surface area contributed by atoms with Crippen LogP contribution in [0, 0.1) is 5.41 Å². The lowest BCUT2D eigenvalue weighted by Gasteiger charge is -2.31. The van der Waals surface area contributed by atoms with Gasteiger partial charge in [0, 0.05) is 25.2 Å². The Hall–Kier alpha value is -1.06. The zero-order chi connectivity index (χ0) is 14.6. The predicted molar refractivity (Wildman–Crippen MR) is 82.8 cm³/mol. The fourth-order valence-corrected chi connectivity index (χ4v) is 3.32. The maximum Gasteiger partial charge on any atom is 0.230 e. The van der Waals surface area contributed by atoms with Gasteiger partial charge >= 0.3 is 0 Å². The van der Waals surface area contributed by atoms with Gasteiger partial charge in [0.05, 0.1) is 5.41 Å². The molecule has 1 aliphatic heterocycles. The third-order valence-corrected chi connectivity index (χ3v) is 4.32. The van der Waals surface area contributed by atoms with Crippen LogP contribution in [0.4, 0.5) is 0 Å². The second-order valence-corrected chi connectivity index (χ2v) is 6.18. The Kier molecular flexibility index (Phi) is 5.06. The maximum absolute atomic E-state index is 12.8. The van der Waals surface area contributed by atoms with Crippen molar-refractivity contribution >= 4 is 17.5 Å². The zero-order valence-corrected chi connectivity index (χ0v) is 13.0. The average molecular weight is 295 g/mol. The minimum absolute atomic E-state index is 0.206. The normalized spacial score (nSPS) is 21.9. The van der Waals surface area contributed by atoms with Crippen LogP contribution in [0.25, 0.3) is 0 Å². The van der Waals surface area contributed by atoms with Crippen LogP contribution in [-0.2, 0) is 11.3 Å². The summed E-state index contributed by atoms with van der Waals surface area (Å²) < 4.78 is 0. The zero-order valence-electron chi connectivity index (χ0n) is 12.3. The Morgan fingerprint density at radius 3 is 2.90 bits per heavy atom. The largest absolute Gasteiger partial charge is 0.341 e. The van der Waals surface area contributed by atoms with E-state index < -0.39 is 0 Å². The molecular weight excluding hydrogens is 272 g/mol. The van der Waals surface area contributed by atoms with E-state index in [9.17, 15) is 4.79 Å². The molecule has 1 amide bonds. The molecule has 1 N–H and O–H groups in total. The monoisotopic (exact) mass is 294 g/mol. The number of hydrogen-bond acceptors (Lipinski definition) is 2. The molecule has 1 aromatic carbocycles. The SMILES string of the molecule is CCCC1(C(=O)N(C)Cc2cccc(Cl)c2)CCNC1. The van der Waals surface area contributed by atoms with Crippen molar-refractivity contribution in [2.24, 2.45) is 5.41 Å². The van der Waals surface area contributed by atoms with E-state index in [1.54, 1.807) is 0 Å².